The van der Waals surface area contributed by atoms with Crippen molar-refractivity contribution in [2.45, 2.75) is 38.5 Å². The summed E-state index contributed by atoms with van der Waals surface area (Å²) >= 11 is 0. The molecule has 1 aromatic carbocycles. The van der Waals surface area contributed by atoms with E-state index in [1.807, 2.05) is 24.3 Å². The summed E-state index contributed by atoms with van der Waals surface area (Å²) in [5, 5.41) is 0. The first-order valence-electron chi connectivity index (χ1n) is 6.13. The van der Waals surface area contributed by atoms with Crippen LogP contribution in [0.2, 0.25) is 0 Å². The number of ketones is 1. The first-order valence-corrected chi connectivity index (χ1v) is 6.13. The standard InChI is InChI=1S/C14H18O2/c15-13-9-4-2-1-3-7-11-16-14-10-6-5-8-12(13)14/h5-6,8,10H,1-4,7,9,11H2. The molecule has 0 unspecified atom stereocenters. The molecule has 2 heteroatoms. The Morgan fingerprint density at radius 2 is 1.69 bits per heavy atom. The fraction of sp³-hybridized carbons (Fsp3) is 0.500. The highest BCUT2D eigenvalue weighted by Crippen LogP contribution is 2.22. The molecule has 0 radical (unpaired) electrons. The molecule has 86 valence electrons. The van der Waals surface area contributed by atoms with E-state index in [4.69, 9.17) is 4.74 Å². The monoisotopic (exact) mass is 218 g/mol. The molecule has 0 aliphatic carbocycles. The van der Waals surface area contributed by atoms with E-state index in [1.54, 1.807) is 0 Å². The van der Waals surface area contributed by atoms with Crippen LogP contribution in [0, 0.1) is 0 Å². The minimum absolute atomic E-state index is 0.220. The highest BCUT2D eigenvalue weighted by molar-refractivity contribution is 5.98. The Morgan fingerprint density at radius 1 is 0.938 bits per heavy atom. The Morgan fingerprint density at radius 3 is 2.62 bits per heavy atom. The molecule has 1 aliphatic heterocycles. The van der Waals surface area contributed by atoms with Gasteiger partial charge in [-0.1, -0.05) is 31.4 Å². The lowest BCUT2D eigenvalue weighted by Gasteiger charge is -2.09. The van der Waals surface area contributed by atoms with E-state index < -0.39 is 0 Å². The minimum atomic E-state index is 0.220. The summed E-state index contributed by atoms with van der Waals surface area (Å²) in [6.07, 6.45) is 6.33. The molecule has 1 aromatic rings. The second-order valence-corrected chi connectivity index (χ2v) is 4.29. The van der Waals surface area contributed by atoms with Crippen LogP contribution in [0.4, 0.5) is 0 Å². The molecule has 0 N–H and O–H groups in total. The highest BCUT2D eigenvalue weighted by atomic mass is 16.5. The summed E-state index contributed by atoms with van der Waals surface area (Å²) in [6, 6.07) is 7.59. The van der Waals surface area contributed by atoms with Gasteiger partial charge in [0, 0.05) is 6.42 Å². The number of hydrogen-bond donors (Lipinski definition) is 0. The zero-order chi connectivity index (χ0) is 11.2. The lowest BCUT2D eigenvalue weighted by atomic mass is 10.0. The average molecular weight is 218 g/mol. The normalized spacial score (nSPS) is 18.1. The van der Waals surface area contributed by atoms with Gasteiger partial charge in [0.25, 0.3) is 0 Å². The lowest BCUT2D eigenvalue weighted by Crippen LogP contribution is -2.04. The van der Waals surface area contributed by atoms with Crippen LogP contribution in [0.3, 0.4) is 0 Å². The van der Waals surface area contributed by atoms with Gasteiger partial charge in [-0.3, -0.25) is 4.79 Å². The van der Waals surface area contributed by atoms with Gasteiger partial charge in [0.2, 0.25) is 0 Å². The van der Waals surface area contributed by atoms with Crippen LogP contribution in [0.15, 0.2) is 24.3 Å². The predicted molar refractivity (Wildman–Crippen MR) is 64.0 cm³/mol. The zero-order valence-electron chi connectivity index (χ0n) is 9.58. The zero-order valence-corrected chi connectivity index (χ0v) is 9.58. The largest absolute Gasteiger partial charge is 0.493 e. The van der Waals surface area contributed by atoms with E-state index in [-0.39, 0.29) is 5.78 Å². The molecule has 0 aromatic heterocycles. The summed E-state index contributed by atoms with van der Waals surface area (Å²) in [5.74, 6) is 0.979. The second-order valence-electron chi connectivity index (χ2n) is 4.29. The summed E-state index contributed by atoms with van der Waals surface area (Å²) in [7, 11) is 0. The first kappa shape index (κ1) is 11.2. The van der Waals surface area contributed by atoms with Crippen LogP contribution in [0.1, 0.15) is 48.9 Å². The number of carbonyl (C=O) groups excluding carboxylic acids is 1. The smallest absolute Gasteiger partial charge is 0.166 e. The lowest BCUT2D eigenvalue weighted by molar-refractivity contribution is 0.0976. The van der Waals surface area contributed by atoms with Crippen LogP contribution >= 0.6 is 0 Å². The summed E-state index contributed by atoms with van der Waals surface area (Å²) in [5.41, 5.74) is 0.754. The molecule has 0 spiro atoms. The molecular formula is C14H18O2. The minimum Gasteiger partial charge on any atom is -0.493 e. The molecule has 0 bridgehead atoms. The van der Waals surface area contributed by atoms with Gasteiger partial charge in [-0.2, -0.15) is 0 Å². The van der Waals surface area contributed by atoms with E-state index in [2.05, 4.69) is 0 Å². The summed E-state index contributed by atoms with van der Waals surface area (Å²) in [4.78, 5) is 12.0. The fourth-order valence-electron chi connectivity index (χ4n) is 2.06. The van der Waals surface area contributed by atoms with Crippen LogP contribution < -0.4 is 4.74 Å². The SMILES string of the molecule is O=C1CCCCCCCOc2ccccc21. The van der Waals surface area contributed by atoms with Gasteiger partial charge in [0.05, 0.1) is 12.2 Å². The van der Waals surface area contributed by atoms with Crippen molar-refractivity contribution < 1.29 is 9.53 Å². The maximum atomic E-state index is 12.0. The molecular weight excluding hydrogens is 200 g/mol. The molecule has 2 rings (SSSR count). The van der Waals surface area contributed by atoms with Crippen molar-refractivity contribution in [2.24, 2.45) is 0 Å². The molecule has 2 nitrogen and oxygen atoms in total. The maximum Gasteiger partial charge on any atom is 0.166 e. The molecule has 16 heavy (non-hydrogen) atoms. The maximum absolute atomic E-state index is 12.0. The Kier molecular flexibility index (Phi) is 3.97. The van der Waals surface area contributed by atoms with Crippen molar-refractivity contribution in [1.82, 2.24) is 0 Å². The summed E-state index contributed by atoms with van der Waals surface area (Å²) < 4.78 is 5.67. The average Bonchev–Trinajstić information content (AvgIpc) is 2.35. The first-order chi connectivity index (χ1) is 7.88. The molecule has 0 fully saturated rings. The number of rotatable bonds is 0. The van der Waals surface area contributed by atoms with E-state index in [9.17, 15) is 4.79 Å². The molecule has 1 heterocycles. The molecule has 0 atom stereocenters. The van der Waals surface area contributed by atoms with Gasteiger partial charge >= 0.3 is 0 Å². The number of hydrogen-bond acceptors (Lipinski definition) is 2. The number of benzene rings is 1. The fourth-order valence-corrected chi connectivity index (χ4v) is 2.06. The quantitative estimate of drug-likeness (QED) is 0.665. The number of carbonyl (C=O) groups is 1. The van der Waals surface area contributed by atoms with Crippen molar-refractivity contribution in [3.63, 3.8) is 0 Å². The van der Waals surface area contributed by atoms with Gasteiger partial charge in [0.1, 0.15) is 5.75 Å². The molecule has 1 aliphatic rings. The van der Waals surface area contributed by atoms with Crippen LogP contribution in [0.5, 0.6) is 5.75 Å². The molecule has 0 saturated heterocycles. The number of para-hydroxylation sites is 1. The van der Waals surface area contributed by atoms with Crippen molar-refractivity contribution in [3.05, 3.63) is 29.8 Å². The van der Waals surface area contributed by atoms with Gasteiger partial charge in [-0.25, -0.2) is 0 Å². The third kappa shape index (κ3) is 2.84. The van der Waals surface area contributed by atoms with Crippen LogP contribution in [-0.2, 0) is 0 Å². The van der Waals surface area contributed by atoms with Crippen LogP contribution in [0.25, 0.3) is 0 Å². The van der Waals surface area contributed by atoms with Crippen molar-refractivity contribution >= 4 is 5.78 Å². The van der Waals surface area contributed by atoms with E-state index in [0.717, 1.165) is 37.2 Å². The Balaban J connectivity index is 2.17. The van der Waals surface area contributed by atoms with E-state index >= 15 is 0 Å². The van der Waals surface area contributed by atoms with Crippen LogP contribution in [-0.4, -0.2) is 12.4 Å². The topological polar surface area (TPSA) is 26.3 Å². The van der Waals surface area contributed by atoms with E-state index in [1.165, 1.54) is 12.8 Å². The van der Waals surface area contributed by atoms with E-state index in [0.29, 0.717) is 6.42 Å². The predicted octanol–water partition coefficient (Wildman–Crippen LogP) is 3.60. The van der Waals surface area contributed by atoms with Crippen molar-refractivity contribution in [3.8, 4) is 5.75 Å². The van der Waals surface area contributed by atoms with Crippen molar-refractivity contribution in [2.75, 3.05) is 6.61 Å². The molecule has 0 amide bonds. The highest BCUT2D eigenvalue weighted by Gasteiger charge is 2.12. The van der Waals surface area contributed by atoms with Gasteiger partial charge in [0.15, 0.2) is 5.78 Å². The van der Waals surface area contributed by atoms with Gasteiger partial charge in [-0.15, -0.1) is 0 Å². The third-order valence-electron chi connectivity index (χ3n) is 2.99. The molecule has 0 saturated carbocycles. The van der Waals surface area contributed by atoms with Gasteiger partial charge < -0.3 is 4.74 Å². The third-order valence-corrected chi connectivity index (χ3v) is 2.99. The Hall–Kier alpha value is -1.31. The number of fused-ring (bicyclic) bond motifs is 1. The number of Topliss-reactive ketones (excluding diaryl/α,β-unsaturated/α-hetero) is 1. The van der Waals surface area contributed by atoms with Gasteiger partial charge in [-0.05, 0) is 25.0 Å². The second kappa shape index (κ2) is 5.69. The Bertz CT molecular complexity index is 358. The van der Waals surface area contributed by atoms with Crippen molar-refractivity contribution in [1.29, 1.82) is 0 Å². The number of ether oxygens (including phenoxy) is 1. The Labute approximate surface area is 96.6 Å². The summed E-state index contributed by atoms with van der Waals surface area (Å²) in [6.45, 7) is 0.726.